The number of amides is 1. The van der Waals surface area contributed by atoms with Crippen LogP contribution in [0.2, 0.25) is 0 Å². The van der Waals surface area contributed by atoms with Crippen molar-refractivity contribution < 1.29 is 35.5 Å². The van der Waals surface area contributed by atoms with Crippen LogP contribution in [0.4, 0.5) is 17.6 Å². The minimum Gasteiger partial charge on any atom is -0.493 e. The summed E-state index contributed by atoms with van der Waals surface area (Å²) >= 11 is 1.08. The lowest BCUT2D eigenvalue weighted by atomic mass is 9.98. The van der Waals surface area contributed by atoms with Crippen molar-refractivity contribution in [2.24, 2.45) is 0 Å². The van der Waals surface area contributed by atoms with Crippen LogP contribution in [0.5, 0.6) is 5.75 Å². The van der Waals surface area contributed by atoms with E-state index < -0.39 is 39.5 Å². The first-order chi connectivity index (χ1) is 18.3. The highest BCUT2D eigenvalue weighted by Gasteiger charge is 2.33. The third-order valence-corrected chi connectivity index (χ3v) is 7.18. The fourth-order valence-electron chi connectivity index (χ4n) is 3.37. The van der Waals surface area contributed by atoms with Crippen molar-refractivity contribution in [1.82, 2.24) is 15.0 Å². The minimum absolute atomic E-state index is 0.0883. The van der Waals surface area contributed by atoms with Gasteiger partial charge in [0.25, 0.3) is 0 Å². The molecular formula is C26H27F4N3O4S2. The van der Waals surface area contributed by atoms with Gasteiger partial charge in [0.1, 0.15) is 22.3 Å². The van der Waals surface area contributed by atoms with E-state index >= 15 is 0 Å². The van der Waals surface area contributed by atoms with Crippen molar-refractivity contribution in [3.8, 4) is 5.75 Å². The van der Waals surface area contributed by atoms with Crippen LogP contribution in [-0.4, -0.2) is 37.9 Å². The maximum absolute atomic E-state index is 14.5. The molecule has 1 atom stereocenters. The summed E-state index contributed by atoms with van der Waals surface area (Å²) in [5.74, 6) is -0.978. The Kier molecular flexibility index (Phi) is 10.3. The van der Waals surface area contributed by atoms with E-state index in [9.17, 15) is 30.8 Å². The number of aromatic nitrogens is 1. The Bertz CT molecular complexity index is 1390. The molecule has 7 nitrogen and oxygen atoms in total. The molecule has 1 heterocycles. The number of halogens is 4. The first kappa shape index (κ1) is 30.4. The third-order valence-electron chi connectivity index (χ3n) is 5.51. The van der Waals surface area contributed by atoms with E-state index in [4.69, 9.17) is 4.74 Å². The number of benzene rings is 2. The first-order valence-electron chi connectivity index (χ1n) is 11.7. The number of nitrogens with one attached hydrogen (secondary N) is 2. The predicted octanol–water partition coefficient (Wildman–Crippen LogP) is 4.88. The number of sulfonamides is 1. The molecule has 0 aliphatic carbocycles. The van der Waals surface area contributed by atoms with Gasteiger partial charge in [-0.1, -0.05) is 36.4 Å². The van der Waals surface area contributed by atoms with E-state index in [0.29, 0.717) is 22.6 Å². The summed E-state index contributed by atoms with van der Waals surface area (Å²) < 4.78 is 84.5. The van der Waals surface area contributed by atoms with Crippen molar-refractivity contribution in [2.45, 2.75) is 37.1 Å². The lowest BCUT2D eigenvalue weighted by Gasteiger charge is -2.16. The smallest absolute Gasteiger partial charge is 0.433 e. The van der Waals surface area contributed by atoms with E-state index in [0.717, 1.165) is 30.2 Å². The Balaban J connectivity index is 1.65. The quantitative estimate of drug-likeness (QED) is 0.179. The first-order valence-corrected chi connectivity index (χ1v) is 14.6. The highest BCUT2D eigenvalue weighted by molar-refractivity contribution is 7.99. The van der Waals surface area contributed by atoms with Gasteiger partial charge >= 0.3 is 6.18 Å². The monoisotopic (exact) mass is 585 g/mol. The van der Waals surface area contributed by atoms with Crippen LogP contribution < -0.4 is 14.8 Å². The minimum atomic E-state index is -4.63. The van der Waals surface area contributed by atoms with E-state index in [1.165, 1.54) is 18.2 Å². The zero-order valence-corrected chi connectivity index (χ0v) is 22.7. The van der Waals surface area contributed by atoms with E-state index in [1.54, 1.807) is 31.2 Å². The van der Waals surface area contributed by atoms with Crippen LogP contribution >= 0.6 is 11.8 Å². The Hall–Kier alpha value is -3.16. The number of rotatable bonds is 12. The predicted molar refractivity (Wildman–Crippen MR) is 140 cm³/mol. The Morgan fingerprint density at radius 2 is 1.74 bits per heavy atom. The van der Waals surface area contributed by atoms with Crippen molar-refractivity contribution >= 4 is 27.7 Å². The van der Waals surface area contributed by atoms with Gasteiger partial charge in [-0.2, -0.15) is 13.2 Å². The average Bonchev–Trinajstić information content (AvgIpc) is 2.88. The molecule has 3 rings (SSSR count). The molecule has 0 aliphatic heterocycles. The van der Waals surface area contributed by atoms with E-state index in [2.05, 4.69) is 15.0 Å². The van der Waals surface area contributed by atoms with Crippen molar-refractivity contribution in [2.75, 3.05) is 18.6 Å². The van der Waals surface area contributed by atoms with Crippen molar-refractivity contribution in [3.63, 3.8) is 0 Å². The standard InChI is InChI=1S/C26H27F4N3O4S2/c1-17(18-8-9-19(22(27)14-18)16-32-39(2,35)36)24(34)31-15-20-10-11-23(26(28,29)30)33-25(20)38-13-12-37-21-6-4-3-5-7-21/h3-11,14,17,32H,12-13,15-16H2,1-2H3,(H,31,34). The maximum atomic E-state index is 14.5. The van der Waals surface area contributed by atoms with Crippen LogP contribution in [0.25, 0.3) is 0 Å². The van der Waals surface area contributed by atoms with Gasteiger partial charge in [0, 0.05) is 30.0 Å². The van der Waals surface area contributed by atoms with Gasteiger partial charge < -0.3 is 10.1 Å². The van der Waals surface area contributed by atoms with Gasteiger partial charge in [0.2, 0.25) is 15.9 Å². The summed E-state index contributed by atoms with van der Waals surface area (Å²) in [6.45, 7) is 1.47. The van der Waals surface area contributed by atoms with Gasteiger partial charge in [0.15, 0.2) is 0 Å². The van der Waals surface area contributed by atoms with Gasteiger partial charge in [-0.05, 0) is 36.8 Å². The van der Waals surface area contributed by atoms with Crippen LogP contribution in [-0.2, 0) is 34.1 Å². The maximum Gasteiger partial charge on any atom is 0.433 e. The molecule has 1 amide bonds. The van der Waals surface area contributed by atoms with Gasteiger partial charge in [-0.3, -0.25) is 4.79 Å². The lowest BCUT2D eigenvalue weighted by molar-refractivity contribution is -0.141. The number of hydrogen-bond acceptors (Lipinski definition) is 6. The fourth-order valence-corrected chi connectivity index (χ4v) is 4.64. The molecule has 2 aromatic carbocycles. The van der Waals surface area contributed by atoms with Crippen LogP contribution in [0, 0.1) is 5.82 Å². The van der Waals surface area contributed by atoms with Gasteiger partial charge in [-0.15, -0.1) is 11.8 Å². The van der Waals surface area contributed by atoms with E-state index in [1.807, 2.05) is 6.07 Å². The Morgan fingerprint density at radius 3 is 2.38 bits per heavy atom. The molecule has 0 saturated carbocycles. The molecule has 210 valence electrons. The molecule has 1 unspecified atom stereocenters. The highest BCUT2D eigenvalue weighted by atomic mass is 32.2. The second kappa shape index (κ2) is 13.3. The molecule has 2 N–H and O–H groups in total. The zero-order valence-electron chi connectivity index (χ0n) is 21.1. The summed E-state index contributed by atoms with van der Waals surface area (Å²) in [6.07, 6.45) is -3.67. The number of pyridine rings is 1. The third kappa shape index (κ3) is 9.52. The molecule has 1 aromatic heterocycles. The molecule has 0 saturated heterocycles. The number of alkyl halides is 3. The Labute approximate surface area is 228 Å². The molecule has 3 aromatic rings. The summed E-state index contributed by atoms with van der Waals surface area (Å²) in [4.78, 5) is 16.5. The number of carbonyl (C=O) groups is 1. The molecule has 13 heteroatoms. The summed E-state index contributed by atoms with van der Waals surface area (Å²) in [5, 5.41) is 2.79. The zero-order chi connectivity index (χ0) is 28.6. The molecular weight excluding hydrogens is 558 g/mol. The molecule has 0 bridgehead atoms. The fraction of sp³-hybridized carbons (Fsp3) is 0.308. The van der Waals surface area contributed by atoms with Crippen molar-refractivity contribution in [1.29, 1.82) is 0 Å². The second-order valence-corrected chi connectivity index (χ2v) is 11.5. The molecule has 0 fully saturated rings. The summed E-state index contributed by atoms with van der Waals surface area (Å²) in [5.41, 5.74) is -0.183. The molecule has 0 spiro atoms. The number of nitrogens with zero attached hydrogens (tertiary/aromatic N) is 1. The summed E-state index contributed by atoms with van der Waals surface area (Å²) in [7, 11) is -3.50. The number of carbonyl (C=O) groups excluding carboxylic acids is 1. The van der Waals surface area contributed by atoms with E-state index in [-0.39, 0.29) is 30.3 Å². The number of hydrogen-bond donors (Lipinski definition) is 2. The normalized spacial score (nSPS) is 12.7. The SMILES string of the molecule is CC(C(=O)NCc1ccc(C(F)(F)F)nc1SCCOc1ccccc1)c1ccc(CNS(C)(=O)=O)c(F)c1. The Morgan fingerprint density at radius 1 is 1.05 bits per heavy atom. The van der Waals surface area contributed by atoms with Gasteiger partial charge in [0.05, 0.1) is 18.8 Å². The highest BCUT2D eigenvalue weighted by Crippen LogP contribution is 2.31. The number of para-hydroxylation sites is 1. The lowest BCUT2D eigenvalue weighted by Crippen LogP contribution is -2.28. The second-order valence-electron chi connectivity index (χ2n) is 8.55. The molecule has 39 heavy (non-hydrogen) atoms. The van der Waals surface area contributed by atoms with Crippen LogP contribution in [0.15, 0.2) is 65.7 Å². The van der Waals surface area contributed by atoms with Gasteiger partial charge in [-0.25, -0.2) is 22.5 Å². The molecule has 0 aliphatic rings. The summed E-state index contributed by atoms with van der Waals surface area (Å²) in [6, 6.07) is 15.1. The average molecular weight is 586 g/mol. The molecule has 0 radical (unpaired) electrons. The van der Waals surface area contributed by atoms with Crippen molar-refractivity contribution in [3.05, 3.63) is 88.9 Å². The largest absolute Gasteiger partial charge is 0.493 e. The number of ether oxygens (including phenoxy) is 1. The topological polar surface area (TPSA) is 97.4 Å². The van der Waals surface area contributed by atoms with Crippen LogP contribution in [0.3, 0.4) is 0 Å². The van der Waals surface area contributed by atoms with Crippen LogP contribution in [0.1, 0.15) is 35.2 Å². The number of thioether (sulfide) groups is 1.